The highest BCUT2D eigenvalue weighted by atomic mass is 16.2. The van der Waals surface area contributed by atoms with Gasteiger partial charge in [-0.3, -0.25) is 14.4 Å². The van der Waals surface area contributed by atoms with Crippen LogP contribution in [0.3, 0.4) is 0 Å². The van der Waals surface area contributed by atoms with Crippen molar-refractivity contribution in [3.8, 4) is 0 Å². The zero-order valence-corrected chi connectivity index (χ0v) is 14.0. The number of pyridine rings is 1. The van der Waals surface area contributed by atoms with Crippen molar-refractivity contribution in [3.05, 3.63) is 23.9 Å². The molecule has 0 radical (unpaired) electrons. The molecule has 1 aromatic heterocycles. The normalized spacial score (nSPS) is 20.5. The van der Waals surface area contributed by atoms with Crippen molar-refractivity contribution in [1.29, 1.82) is 0 Å². The second kappa shape index (κ2) is 7.11. The van der Waals surface area contributed by atoms with E-state index < -0.39 is 0 Å². The van der Waals surface area contributed by atoms with Crippen molar-refractivity contribution in [2.45, 2.75) is 51.5 Å². The molecular weight excluding hydrogens is 306 g/mol. The maximum atomic E-state index is 12.8. The molecule has 0 bridgehead atoms. The smallest absolute Gasteiger partial charge is 0.254 e. The van der Waals surface area contributed by atoms with Gasteiger partial charge in [-0.15, -0.1) is 0 Å². The number of aromatic nitrogens is 1. The molecule has 3 rings (SSSR count). The lowest BCUT2D eigenvalue weighted by Gasteiger charge is -2.34. The fraction of sp³-hybridized carbons (Fsp3) is 0.556. The molecule has 2 amide bonds. The number of carbonyl (C=O) groups excluding carboxylic acids is 3. The van der Waals surface area contributed by atoms with E-state index in [1.807, 2.05) is 6.92 Å². The maximum Gasteiger partial charge on any atom is 0.254 e. The topological polar surface area (TPSA) is 79.4 Å². The Morgan fingerprint density at radius 1 is 1.25 bits per heavy atom. The van der Waals surface area contributed by atoms with E-state index in [0.717, 1.165) is 32.1 Å². The fourth-order valence-electron chi connectivity index (χ4n) is 3.12. The van der Waals surface area contributed by atoms with Crippen molar-refractivity contribution in [2.24, 2.45) is 5.92 Å². The van der Waals surface area contributed by atoms with Crippen LogP contribution in [0.4, 0.5) is 5.82 Å². The highest BCUT2D eigenvalue weighted by Gasteiger charge is 2.32. The van der Waals surface area contributed by atoms with Crippen molar-refractivity contribution >= 4 is 23.4 Å². The zero-order chi connectivity index (χ0) is 17.1. The molecule has 1 aliphatic carbocycles. The monoisotopic (exact) mass is 329 g/mol. The first-order valence-corrected chi connectivity index (χ1v) is 8.70. The molecule has 2 fully saturated rings. The van der Waals surface area contributed by atoms with Gasteiger partial charge in [-0.25, -0.2) is 4.98 Å². The van der Waals surface area contributed by atoms with E-state index >= 15 is 0 Å². The van der Waals surface area contributed by atoms with E-state index in [0.29, 0.717) is 24.3 Å². The van der Waals surface area contributed by atoms with Gasteiger partial charge in [0.2, 0.25) is 5.91 Å². The van der Waals surface area contributed by atoms with Crippen LogP contribution < -0.4 is 5.32 Å². The number of ketones is 1. The number of anilines is 1. The average molecular weight is 329 g/mol. The van der Waals surface area contributed by atoms with Crippen LogP contribution in [-0.4, -0.2) is 40.1 Å². The molecule has 1 N–H and O–H groups in total. The molecule has 1 atom stereocenters. The van der Waals surface area contributed by atoms with Gasteiger partial charge in [-0.05, 0) is 44.2 Å². The number of nitrogens with zero attached hydrogens (tertiary/aromatic N) is 2. The first-order valence-electron chi connectivity index (χ1n) is 8.70. The van der Waals surface area contributed by atoms with Gasteiger partial charge in [0.15, 0.2) is 5.78 Å². The molecule has 1 aliphatic heterocycles. The number of nitrogens with one attached hydrogen (secondary N) is 1. The van der Waals surface area contributed by atoms with E-state index in [1.54, 1.807) is 17.0 Å². The van der Waals surface area contributed by atoms with Crippen LogP contribution in [0.15, 0.2) is 18.3 Å². The van der Waals surface area contributed by atoms with Crippen LogP contribution >= 0.6 is 0 Å². The Kier molecular flexibility index (Phi) is 4.92. The zero-order valence-electron chi connectivity index (χ0n) is 14.0. The van der Waals surface area contributed by atoms with Gasteiger partial charge in [0.1, 0.15) is 5.82 Å². The molecule has 6 heteroatoms. The number of hydrogen-bond donors (Lipinski definition) is 1. The highest BCUT2D eigenvalue weighted by Crippen LogP contribution is 2.30. The van der Waals surface area contributed by atoms with Gasteiger partial charge in [0, 0.05) is 30.6 Å². The summed E-state index contributed by atoms with van der Waals surface area (Å²) in [5.41, 5.74) is 0.465. The predicted molar refractivity (Wildman–Crippen MR) is 89.6 cm³/mol. The lowest BCUT2D eigenvalue weighted by Crippen LogP contribution is -2.47. The first kappa shape index (κ1) is 16.6. The standard InChI is InChI=1S/C18H23N3O3/c1-2-15(22)14-5-3-4-10-21(14)18(24)13-8-9-19-16(11-13)20-17(23)12-6-7-12/h8-9,11-12,14H,2-7,10H2,1H3,(H,19,20,23). The van der Waals surface area contributed by atoms with Gasteiger partial charge in [0.25, 0.3) is 5.91 Å². The Balaban J connectivity index is 1.75. The molecule has 2 aliphatic rings. The summed E-state index contributed by atoms with van der Waals surface area (Å²) in [6, 6.07) is 2.91. The minimum atomic E-state index is -0.325. The van der Waals surface area contributed by atoms with Crippen LogP contribution in [0.5, 0.6) is 0 Å². The number of carbonyl (C=O) groups is 3. The fourth-order valence-corrected chi connectivity index (χ4v) is 3.12. The van der Waals surface area contributed by atoms with E-state index in [9.17, 15) is 14.4 Å². The van der Waals surface area contributed by atoms with Crippen molar-refractivity contribution < 1.29 is 14.4 Å². The van der Waals surface area contributed by atoms with E-state index in [-0.39, 0.29) is 29.6 Å². The number of likely N-dealkylation sites (tertiary alicyclic amines) is 1. The Bertz CT molecular complexity index is 655. The number of Topliss-reactive ketones (excluding diaryl/α,β-unsaturated/α-hetero) is 1. The summed E-state index contributed by atoms with van der Waals surface area (Å²) in [4.78, 5) is 42.6. The minimum absolute atomic E-state index is 0.0379. The van der Waals surface area contributed by atoms with Gasteiger partial charge in [-0.1, -0.05) is 6.92 Å². The second-order valence-electron chi connectivity index (χ2n) is 6.52. The summed E-state index contributed by atoms with van der Waals surface area (Å²) < 4.78 is 0. The SMILES string of the molecule is CCC(=O)C1CCCCN1C(=O)c1ccnc(NC(=O)C2CC2)c1. The van der Waals surface area contributed by atoms with Crippen molar-refractivity contribution in [1.82, 2.24) is 9.88 Å². The molecule has 0 spiro atoms. The van der Waals surface area contributed by atoms with Gasteiger partial charge >= 0.3 is 0 Å². The second-order valence-corrected chi connectivity index (χ2v) is 6.52. The molecule has 1 saturated carbocycles. The number of hydrogen-bond acceptors (Lipinski definition) is 4. The molecule has 128 valence electrons. The van der Waals surface area contributed by atoms with E-state index in [2.05, 4.69) is 10.3 Å². The molecule has 1 unspecified atom stereocenters. The molecular formula is C18H23N3O3. The molecule has 2 heterocycles. The van der Waals surface area contributed by atoms with Crippen LogP contribution in [0.1, 0.15) is 55.8 Å². The number of amides is 2. The van der Waals surface area contributed by atoms with E-state index in [4.69, 9.17) is 0 Å². The van der Waals surface area contributed by atoms with Gasteiger partial charge in [0.05, 0.1) is 6.04 Å². The van der Waals surface area contributed by atoms with Gasteiger partial charge in [-0.2, -0.15) is 0 Å². The first-order chi connectivity index (χ1) is 11.6. The van der Waals surface area contributed by atoms with Crippen LogP contribution in [-0.2, 0) is 9.59 Å². The molecule has 1 aromatic rings. The third-order valence-corrected chi connectivity index (χ3v) is 4.69. The van der Waals surface area contributed by atoms with Gasteiger partial charge < -0.3 is 10.2 Å². The van der Waals surface area contributed by atoms with Crippen molar-refractivity contribution in [3.63, 3.8) is 0 Å². The number of piperidine rings is 1. The third-order valence-electron chi connectivity index (χ3n) is 4.69. The average Bonchev–Trinajstić information content (AvgIpc) is 3.46. The molecule has 6 nitrogen and oxygen atoms in total. The Labute approximate surface area is 141 Å². The van der Waals surface area contributed by atoms with Crippen LogP contribution in [0.25, 0.3) is 0 Å². The highest BCUT2D eigenvalue weighted by molar-refractivity contribution is 5.99. The molecule has 24 heavy (non-hydrogen) atoms. The largest absolute Gasteiger partial charge is 0.329 e. The Morgan fingerprint density at radius 2 is 2.04 bits per heavy atom. The number of rotatable bonds is 5. The summed E-state index contributed by atoms with van der Waals surface area (Å²) >= 11 is 0. The van der Waals surface area contributed by atoms with Crippen LogP contribution in [0.2, 0.25) is 0 Å². The third kappa shape index (κ3) is 3.63. The van der Waals surface area contributed by atoms with E-state index in [1.165, 1.54) is 6.20 Å². The Hall–Kier alpha value is -2.24. The predicted octanol–water partition coefficient (Wildman–Crippen LogP) is 2.40. The summed E-state index contributed by atoms with van der Waals surface area (Å²) in [6.07, 6.45) is 6.41. The van der Waals surface area contributed by atoms with Crippen LogP contribution in [0, 0.1) is 5.92 Å². The maximum absolute atomic E-state index is 12.8. The summed E-state index contributed by atoms with van der Waals surface area (Å²) in [5.74, 6) is 0.391. The Morgan fingerprint density at radius 3 is 2.75 bits per heavy atom. The molecule has 0 aromatic carbocycles. The lowest BCUT2D eigenvalue weighted by molar-refractivity contribution is -0.124. The van der Waals surface area contributed by atoms with Crippen molar-refractivity contribution in [2.75, 3.05) is 11.9 Å². The summed E-state index contributed by atoms with van der Waals surface area (Å²) in [6.45, 7) is 2.43. The summed E-state index contributed by atoms with van der Waals surface area (Å²) in [5, 5.41) is 2.76. The minimum Gasteiger partial charge on any atom is -0.329 e. The lowest BCUT2D eigenvalue weighted by atomic mass is 9.96. The summed E-state index contributed by atoms with van der Waals surface area (Å²) in [7, 11) is 0. The quantitative estimate of drug-likeness (QED) is 0.899. The molecule has 1 saturated heterocycles.